The molecule has 100 valence electrons. The molecule has 0 radical (unpaired) electrons. The maximum absolute atomic E-state index is 11.8. The number of carbonyl (C=O) groups is 1. The fraction of sp³-hybridized carbons (Fsp3) is 0.100. The largest absolute Gasteiger partial charge is 0.319 e. The summed E-state index contributed by atoms with van der Waals surface area (Å²) in [4.78, 5) is 11.9. The molecular formula is C10H8ClN3O3S2. The normalized spacial score (nSPS) is 11.3. The number of carbonyl (C=O) groups excluding carboxylic acids is 1. The molecule has 0 unspecified atom stereocenters. The molecule has 9 heteroatoms. The van der Waals surface area contributed by atoms with E-state index in [1.165, 1.54) is 12.1 Å². The number of halogens is 1. The molecule has 0 saturated carbocycles. The lowest BCUT2D eigenvalue weighted by molar-refractivity contribution is 0.102. The predicted molar refractivity (Wildman–Crippen MR) is 72.4 cm³/mol. The van der Waals surface area contributed by atoms with Gasteiger partial charge in [-0.05, 0) is 23.7 Å². The van der Waals surface area contributed by atoms with Crippen LogP contribution in [0.3, 0.4) is 0 Å². The second-order valence-corrected chi connectivity index (χ2v) is 7.13. The maximum Gasteiger partial charge on any atom is 0.286 e. The topological polar surface area (TPSA) is 89.0 Å². The lowest BCUT2D eigenvalue weighted by Gasteiger charge is -2.07. The standard InChI is InChI=1S/C10H8ClN3O3S2/c1-19(16,17)7-5-3-2-4-6(7)12-8(15)9-13-14-10(11)18-9/h2-5H,1H3,(H,12,15). The van der Waals surface area contributed by atoms with Crippen LogP contribution in [0.15, 0.2) is 29.2 Å². The Labute approximate surface area is 118 Å². The van der Waals surface area contributed by atoms with E-state index in [9.17, 15) is 13.2 Å². The number of nitrogens with one attached hydrogen (secondary N) is 1. The fourth-order valence-electron chi connectivity index (χ4n) is 1.37. The average Bonchev–Trinajstić information content (AvgIpc) is 2.75. The van der Waals surface area contributed by atoms with Crippen molar-refractivity contribution in [1.29, 1.82) is 0 Å². The van der Waals surface area contributed by atoms with Crippen LogP contribution in [0.2, 0.25) is 4.47 Å². The minimum atomic E-state index is -3.43. The van der Waals surface area contributed by atoms with Crippen molar-refractivity contribution in [2.75, 3.05) is 11.6 Å². The van der Waals surface area contributed by atoms with Gasteiger partial charge >= 0.3 is 0 Å². The quantitative estimate of drug-likeness (QED) is 0.933. The van der Waals surface area contributed by atoms with Gasteiger partial charge in [-0.2, -0.15) is 0 Å². The Morgan fingerprint density at radius 3 is 2.58 bits per heavy atom. The molecule has 1 heterocycles. The van der Waals surface area contributed by atoms with Gasteiger partial charge in [-0.3, -0.25) is 4.79 Å². The first kappa shape index (κ1) is 13.9. The van der Waals surface area contributed by atoms with Gasteiger partial charge in [-0.25, -0.2) is 8.42 Å². The van der Waals surface area contributed by atoms with Crippen molar-refractivity contribution >= 4 is 44.4 Å². The molecule has 0 saturated heterocycles. The zero-order valence-corrected chi connectivity index (χ0v) is 12.0. The average molecular weight is 318 g/mol. The summed E-state index contributed by atoms with van der Waals surface area (Å²) in [5, 5.41) is 9.63. The molecule has 0 spiro atoms. The number of amides is 1. The number of benzene rings is 1. The van der Waals surface area contributed by atoms with Gasteiger partial charge in [-0.1, -0.05) is 23.5 Å². The third kappa shape index (κ3) is 3.28. The van der Waals surface area contributed by atoms with Gasteiger partial charge in [-0.15, -0.1) is 10.2 Å². The Hall–Kier alpha value is -1.51. The van der Waals surface area contributed by atoms with Crippen LogP contribution in [0.5, 0.6) is 0 Å². The summed E-state index contributed by atoms with van der Waals surface area (Å²) < 4.78 is 23.3. The fourth-order valence-corrected chi connectivity index (χ4v) is 2.93. The summed E-state index contributed by atoms with van der Waals surface area (Å²) in [6.45, 7) is 0. The van der Waals surface area contributed by atoms with Crippen LogP contribution in [0, 0.1) is 0 Å². The Kier molecular flexibility index (Phi) is 3.83. The van der Waals surface area contributed by atoms with Crippen molar-refractivity contribution in [1.82, 2.24) is 10.2 Å². The molecule has 0 aliphatic heterocycles. The minimum Gasteiger partial charge on any atom is -0.319 e. The van der Waals surface area contributed by atoms with E-state index < -0.39 is 15.7 Å². The molecule has 1 N–H and O–H groups in total. The highest BCUT2D eigenvalue weighted by Crippen LogP contribution is 2.22. The highest BCUT2D eigenvalue weighted by molar-refractivity contribution is 7.90. The third-order valence-electron chi connectivity index (χ3n) is 2.13. The first-order valence-electron chi connectivity index (χ1n) is 4.97. The van der Waals surface area contributed by atoms with Crippen molar-refractivity contribution in [3.63, 3.8) is 0 Å². The van der Waals surface area contributed by atoms with E-state index >= 15 is 0 Å². The molecule has 0 aliphatic rings. The third-order valence-corrected chi connectivity index (χ3v) is 4.30. The SMILES string of the molecule is CS(=O)(=O)c1ccccc1NC(=O)c1nnc(Cl)s1. The molecule has 0 aliphatic carbocycles. The van der Waals surface area contributed by atoms with E-state index in [0.29, 0.717) is 0 Å². The van der Waals surface area contributed by atoms with E-state index in [-0.39, 0.29) is 20.1 Å². The second kappa shape index (κ2) is 5.24. The minimum absolute atomic E-state index is 0.0407. The molecule has 2 rings (SSSR count). The number of rotatable bonds is 3. The van der Waals surface area contributed by atoms with Crippen LogP contribution in [0.25, 0.3) is 0 Å². The zero-order chi connectivity index (χ0) is 14.0. The number of aromatic nitrogens is 2. The van der Waals surface area contributed by atoms with Crippen LogP contribution in [0.4, 0.5) is 5.69 Å². The number of hydrogen-bond donors (Lipinski definition) is 1. The molecule has 19 heavy (non-hydrogen) atoms. The number of nitrogens with zero attached hydrogens (tertiary/aromatic N) is 2. The Morgan fingerprint density at radius 2 is 2.00 bits per heavy atom. The zero-order valence-electron chi connectivity index (χ0n) is 9.62. The Balaban J connectivity index is 2.32. The van der Waals surface area contributed by atoms with Crippen LogP contribution >= 0.6 is 22.9 Å². The molecule has 1 aromatic carbocycles. The molecule has 6 nitrogen and oxygen atoms in total. The number of sulfone groups is 1. The number of hydrogen-bond acceptors (Lipinski definition) is 6. The van der Waals surface area contributed by atoms with Crippen LogP contribution in [-0.2, 0) is 9.84 Å². The smallest absolute Gasteiger partial charge is 0.286 e. The van der Waals surface area contributed by atoms with E-state index in [0.717, 1.165) is 17.6 Å². The highest BCUT2D eigenvalue weighted by atomic mass is 35.5. The highest BCUT2D eigenvalue weighted by Gasteiger charge is 2.17. The molecule has 1 amide bonds. The van der Waals surface area contributed by atoms with Gasteiger partial charge in [0.2, 0.25) is 9.47 Å². The van der Waals surface area contributed by atoms with Gasteiger partial charge in [0.05, 0.1) is 10.6 Å². The monoisotopic (exact) mass is 317 g/mol. The second-order valence-electron chi connectivity index (χ2n) is 3.58. The Bertz CT molecular complexity index is 727. The lowest BCUT2D eigenvalue weighted by Crippen LogP contribution is -2.14. The van der Waals surface area contributed by atoms with Gasteiger partial charge in [0.1, 0.15) is 0 Å². The van der Waals surface area contributed by atoms with Crippen LogP contribution in [-0.4, -0.2) is 30.8 Å². The summed E-state index contributed by atoms with van der Waals surface area (Å²) in [6, 6.07) is 6.11. The van der Waals surface area contributed by atoms with Crippen LogP contribution in [0.1, 0.15) is 9.80 Å². The van der Waals surface area contributed by atoms with Crippen molar-refractivity contribution in [2.45, 2.75) is 4.90 Å². The van der Waals surface area contributed by atoms with Crippen molar-refractivity contribution < 1.29 is 13.2 Å². The van der Waals surface area contributed by atoms with Gasteiger partial charge in [0, 0.05) is 6.26 Å². The molecule has 0 atom stereocenters. The predicted octanol–water partition coefficient (Wildman–Crippen LogP) is 1.85. The number of para-hydroxylation sites is 1. The molecule has 2 aromatic rings. The summed E-state index contributed by atoms with van der Waals surface area (Å²) in [5.74, 6) is -0.555. The molecule has 1 aromatic heterocycles. The summed E-state index contributed by atoms with van der Waals surface area (Å²) in [7, 11) is -3.43. The van der Waals surface area contributed by atoms with E-state index in [1.54, 1.807) is 12.1 Å². The van der Waals surface area contributed by atoms with Crippen molar-refractivity contribution in [3.05, 3.63) is 33.7 Å². The summed E-state index contributed by atoms with van der Waals surface area (Å²) in [5.41, 5.74) is 0.196. The first-order valence-corrected chi connectivity index (χ1v) is 8.06. The van der Waals surface area contributed by atoms with Gasteiger partial charge < -0.3 is 5.32 Å². The van der Waals surface area contributed by atoms with Gasteiger partial charge in [0.25, 0.3) is 5.91 Å². The summed E-state index contributed by atoms with van der Waals surface area (Å²) in [6.07, 6.45) is 1.07. The lowest BCUT2D eigenvalue weighted by atomic mass is 10.3. The first-order chi connectivity index (χ1) is 8.88. The van der Waals surface area contributed by atoms with Crippen molar-refractivity contribution in [2.24, 2.45) is 0 Å². The van der Waals surface area contributed by atoms with Gasteiger partial charge in [0.15, 0.2) is 9.84 Å². The van der Waals surface area contributed by atoms with E-state index in [1.807, 2.05) is 0 Å². The molecule has 0 bridgehead atoms. The Morgan fingerprint density at radius 1 is 1.32 bits per heavy atom. The van der Waals surface area contributed by atoms with E-state index in [4.69, 9.17) is 11.6 Å². The van der Waals surface area contributed by atoms with E-state index in [2.05, 4.69) is 15.5 Å². The molecular weight excluding hydrogens is 310 g/mol. The maximum atomic E-state index is 11.8. The van der Waals surface area contributed by atoms with Crippen LogP contribution < -0.4 is 5.32 Å². The number of anilines is 1. The molecule has 0 fully saturated rings. The van der Waals surface area contributed by atoms with Crippen molar-refractivity contribution in [3.8, 4) is 0 Å². The summed E-state index contributed by atoms with van der Waals surface area (Å²) >= 11 is 6.49.